The van der Waals surface area contributed by atoms with Gasteiger partial charge in [0.05, 0.1) is 6.61 Å². The molecular weight excluding hydrogens is 227 g/mol. The van der Waals surface area contributed by atoms with Crippen LogP contribution in [0, 0.1) is 0 Å². The van der Waals surface area contributed by atoms with E-state index in [0.717, 1.165) is 6.32 Å². The Balaban J connectivity index is 2.37. The number of carbonyl (C=O) groups is 2. The molecule has 0 aromatic rings. The van der Waals surface area contributed by atoms with Crippen molar-refractivity contribution in [3.63, 3.8) is 0 Å². The average molecular weight is 244 g/mol. The number of nitrogens with one attached hydrogen (secondary N) is 1. The minimum atomic E-state index is -0.459. The number of methoxy groups -OCH3 is 1. The molecule has 1 atom stereocenters. The maximum Gasteiger partial charge on any atom is 0.409 e. The van der Waals surface area contributed by atoms with Crippen molar-refractivity contribution < 1.29 is 24.3 Å². The molecule has 1 fully saturated rings. The first-order valence-electron chi connectivity index (χ1n) is 5.53. The standard InChI is InChI=1S/C9H17BN2O5/c1-16-4-5-17-9(14)12-3-2-10-7(6-12)8(13)11-15/h7,10,15H,2-6H2,1H3,(H,11,13)/t7-/m1/s1. The second-order valence-corrected chi connectivity index (χ2v) is 3.87. The molecule has 0 unspecified atom stereocenters. The van der Waals surface area contributed by atoms with Crippen LogP contribution in [0.5, 0.6) is 0 Å². The van der Waals surface area contributed by atoms with Crippen molar-refractivity contribution in [2.75, 3.05) is 33.4 Å². The number of carbonyl (C=O) groups excluding carboxylic acids is 2. The Labute approximate surface area is 100 Å². The number of amides is 2. The van der Waals surface area contributed by atoms with Gasteiger partial charge in [0, 0.05) is 26.0 Å². The molecule has 1 heterocycles. The van der Waals surface area contributed by atoms with E-state index in [4.69, 9.17) is 14.7 Å². The average Bonchev–Trinajstić information content (AvgIpc) is 2.38. The van der Waals surface area contributed by atoms with Gasteiger partial charge in [-0.1, -0.05) is 6.32 Å². The van der Waals surface area contributed by atoms with E-state index >= 15 is 0 Å². The lowest BCUT2D eigenvalue weighted by Crippen LogP contribution is -2.45. The molecule has 0 saturated carbocycles. The molecule has 0 aromatic carbocycles. The maximum absolute atomic E-state index is 11.6. The molecule has 1 aliphatic heterocycles. The first kappa shape index (κ1) is 13.8. The molecule has 7 nitrogen and oxygen atoms in total. The summed E-state index contributed by atoms with van der Waals surface area (Å²) in [5.74, 6) is -0.830. The van der Waals surface area contributed by atoms with Crippen molar-refractivity contribution >= 4 is 19.3 Å². The molecular formula is C9H17BN2O5. The van der Waals surface area contributed by atoms with Crippen molar-refractivity contribution in [3.05, 3.63) is 0 Å². The smallest absolute Gasteiger partial charge is 0.409 e. The van der Waals surface area contributed by atoms with Gasteiger partial charge in [0.25, 0.3) is 0 Å². The fourth-order valence-corrected chi connectivity index (χ4v) is 1.75. The maximum atomic E-state index is 11.6. The van der Waals surface area contributed by atoms with Gasteiger partial charge in [-0.05, 0) is 0 Å². The Kier molecular flexibility index (Phi) is 5.78. The van der Waals surface area contributed by atoms with E-state index in [-0.39, 0.29) is 19.0 Å². The predicted octanol–water partition coefficient (Wildman–Crippen LogP) is -0.766. The van der Waals surface area contributed by atoms with Gasteiger partial charge in [0.2, 0.25) is 5.91 Å². The van der Waals surface area contributed by atoms with Crippen LogP contribution >= 0.6 is 0 Å². The summed E-state index contributed by atoms with van der Waals surface area (Å²) in [6, 6.07) is 0. The van der Waals surface area contributed by atoms with Gasteiger partial charge < -0.3 is 14.4 Å². The Morgan fingerprint density at radius 1 is 1.53 bits per heavy atom. The monoisotopic (exact) mass is 244 g/mol. The van der Waals surface area contributed by atoms with E-state index in [0.29, 0.717) is 20.4 Å². The molecule has 17 heavy (non-hydrogen) atoms. The molecule has 2 N–H and O–H groups in total. The predicted molar refractivity (Wildman–Crippen MR) is 60.4 cm³/mol. The van der Waals surface area contributed by atoms with E-state index < -0.39 is 12.0 Å². The van der Waals surface area contributed by atoms with Crippen LogP contribution in [0.25, 0.3) is 0 Å². The van der Waals surface area contributed by atoms with Gasteiger partial charge in [-0.3, -0.25) is 10.0 Å². The minimum Gasteiger partial charge on any atom is -0.447 e. The normalized spacial score (nSPS) is 19.4. The fraction of sp³-hybridized carbons (Fsp3) is 0.778. The zero-order valence-electron chi connectivity index (χ0n) is 9.85. The fourth-order valence-electron chi connectivity index (χ4n) is 1.75. The Morgan fingerprint density at radius 2 is 2.29 bits per heavy atom. The van der Waals surface area contributed by atoms with Gasteiger partial charge in [0.1, 0.15) is 13.9 Å². The summed E-state index contributed by atoms with van der Waals surface area (Å²) in [5.41, 5.74) is 1.61. The molecule has 2 amide bonds. The summed E-state index contributed by atoms with van der Waals surface area (Å²) in [4.78, 5) is 24.3. The van der Waals surface area contributed by atoms with Crippen LogP contribution < -0.4 is 5.48 Å². The molecule has 1 saturated heterocycles. The Hall–Kier alpha value is -1.28. The molecule has 1 rings (SSSR count). The van der Waals surface area contributed by atoms with Gasteiger partial charge in [-0.2, -0.15) is 0 Å². The number of ether oxygens (including phenoxy) is 2. The number of hydrogen-bond donors (Lipinski definition) is 2. The third-order valence-corrected chi connectivity index (χ3v) is 2.67. The molecule has 0 aliphatic carbocycles. The summed E-state index contributed by atoms with van der Waals surface area (Å²) in [7, 11) is 2.19. The van der Waals surface area contributed by atoms with Gasteiger partial charge >= 0.3 is 6.09 Å². The second-order valence-electron chi connectivity index (χ2n) is 3.87. The van der Waals surface area contributed by atoms with Gasteiger partial charge in [-0.25, -0.2) is 10.3 Å². The highest BCUT2D eigenvalue weighted by molar-refractivity contribution is 6.44. The third-order valence-electron chi connectivity index (χ3n) is 2.67. The number of hydroxylamine groups is 1. The molecule has 0 aromatic heterocycles. The highest BCUT2D eigenvalue weighted by atomic mass is 16.6. The lowest BCUT2D eigenvalue weighted by molar-refractivity contribution is -0.129. The third kappa shape index (κ3) is 4.24. The molecule has 96 valence electrons. The first-order chi connectivity index (χ1) is 8.19. The van der Waals surface area contributed by atoms with Crippen LogP contribution in [0.1, 0.15) is 0 Å². The first-order valence-corrected chi connectivity index (χ1v) is 5.53. The minimum absolute atomic E-state index is 0.197. The SMILES string of the molecule is COCCOC(=O)N1CCB[C@@H](C(=O)NO)C1. The van der Waals surface area contributed by atoms with E-state index in [1.807, 2.05) is 0 Å². The lowest BCUT2D eigenvalue weighted by Gasteiger charge is -2.30. The van der Waals surface area contributed by atoms with Crippen LogP contribution in [-0.4, -0.2) is 62.8 Å². The van der Waals surface area contributed by atoms with Crippen molar-refractivity contribution in [1.82, 2.24) is 10.4 Å². The highest BCUT2D eigenvalue weighted by Crippen LogP contribution is 2.16. The summed E-state index contributed by atoms with van der Waals surface area (Å²) in [6.45, 7) is 1.39. The molecule has 8 heteroatoms. The quantitative estimate of drug-likeness (QED) is 0.293. The molecule has 0 bridgehead atoms. The molecule has 1 aliphatic rings. The van der Waals surface area contributed by atoms with E-state index in [2.05, 4.69) is 0 Å². The van der Waals surface area contributed by atoms with Gasteiger partial charge in [0.15, 0.2) is 0 Å². The lowest BCUT2D eigenvalue weighted by atomic mass is 9.59. The van der Waals surface area contributed by atoms with Crippen molar-refractivity contribution in [2.45, 2.75) is 12.1 Å². The van der Waals surface area contributed by atoms with E-state index in [9.17, 15) is 9.59 Å². The second kappa shape index (κ2) is 7.13. The van der Waals surface area contributed by atoms with Gasteiger partial charge in [-0.15, -0.1) is 0 Å². The largest absolute Gasteiger partial charge is 0.447 e. The summed E-state index contributed by atoms with van der Waals surface area (Å²) in [5, 5.41) is 8.53. The van der Waals surface area contributed by atoms with Crippen LogP contribution in [0.2, 0.25) is 12.1 Å². The van der Waals surface area contributed by atoms with E-state index in [1.54, 1.807) is 5.48 Å². The van der Waals surface area contributed by atoms with E-state index in [1.165, 1.54) is 12.0 Å². The summed E-state index contributed by atoms with van der Waals surface area (Å²) in [6.07, 6.45) is 0.273. The van der Waals surface area contributed by atoms with Crippen molar-refractivity contribution in [1.29, 1.82) is 0 Å². The molecule has 0 radical (unpaired) electrons. The highest BCUT2D eigenvalue weighted by Gasteiger charge is 2.29. The number of nitrogens with zero attached hydrogens (tertiary/aromatic N) is 1. The van der Waals surface area contributed by atoms with Crippen molar-refractivity contribution in [3.8, 4) is 0 Å². The topological polar surface area (TPSA) is 88.1 Å². The van der Waals surface area contributed by atoms with Crippen LogP contribution in [0.3, 0.4) is 0 Å². The Bertz CT molecular complexity index is 276. The van der Waals surface area contributed by atoms with Crippen LogP contribution in [0.4, 0.5) is 4.79 Å². The summed E-state index contributed by atoms with van der Waals surface area (Å²) < 4.78 is 9.71. The Morgan fingerprint density at radius 3 is 2.94 bits per heavy atom. The number of hydrogen-bond acceptors (Lipinski definition) is 5. The summed E-state index contributed by atoms with van der Waals surface area (Å²) >= 11 is 0. The zero-order valence-corrected chi connectivity index (χ0v) is 9.85. The number of rotatable bonds is 4. The zero-order chi connectivity index (χ0) is 12.7. The van der Waals surface area contributed by atoms with Crippen LogP contribution in [-0.2, 0) is 14.3 Å². The molecule has 0 spiro atoms. The van der Waals surface area contributed by atoms with Crippen molar-refractivity contribution in [2.24, 2.45) is 0 Å². The van der Waals surface area contributed by atoms with Crippen LogP contribution in [0.15, 0.2) is 0 Å².